The maximum atomic E-state index is 12.2. The number of rotatable bonds is 18. The molecule has 0 spiro atoms. The van der Waals surface area contributed by atoms with Gasteiger partial charge in [0.2, 0.25) is 0 Å². The number of Topliss-reactive ketones (excluding diaryl/α,β-unsaturated/α-hetero) is 2. The van der Waals surface area contributed by atoms with Crippen molar-refractivity contribution in [2.24, 2.45) is 0 Å². The van der Waals surface area contributed by atoms with Gasteiger partial charge in [-0.2, -0.15) is 0 Å². The summed E-state index contributed by atoms with van der Waals surface area (Å²) in [6, 6.07) is 0. The van der Waals surface area contributed by atoms with Crippen LogP contribution in [0.5, 0.6) is 0 Å². The van der Waals surface area contributed by atoms with Crippen LogP contribution in [-0.2, 0) is 9.59 Å². The first-order valence-corrected chi connectivity index (χ1v) is 12.4. The van der Waals surface area contributed by atoms with E-state index in [2.05, 4.69) is 19.1 Å². The average molecular weight is 421 g/mol. The lowest BCUT2D eigenvalue weighted by Gasteiger charge is -2.18. The van der Waals surface area contributed by atoms with Gasteiger partial charge < -0.3 is 10.2 Å². The van der Waals surface area contributed by atoms with Crippen molar-refractivity contribution >= 4 is 11.6 Å². The Hall–Kier alpha value is -1.42. The molecule has 2 N–H and O–H groups in total. The van der Waals surface area contributed by atoms with Crippen molar-refractivity contribution in [1.29, 1.82) is 0 Å². The Balaban J connectivity index is 1.92. The number of carbonyl (C=O) groups is 2. The van der Waals surface area contributed by atoms with E-state index in [0.717, 1.165) is 19.3 Å². The van der Waals surface area contributed by atoms with E-state index in [4.69, 9.17) is 0 Å². The van der Waals surface area contributed by atoms with Crippen molar-refractivity contribution in [3.63, 3.8) is 0 Å². The standard InChI is InChI=1S/C26H44O4/c1-2-3-4-5-6-7-8-9-10-11-12-13-14-15-16-17-18-19-22(27)25-23(28)20-21-24(29)26(25)30/h6-7,24,29-30H,2-5,8-21H2,1H3/b7-6+. The Morgan fingerprint density at radius 2 is 1.37 bits per heavy atom. The number of hydrogen-bond donors (Lipinski definition) is 2. The number of ketones is 2. The molecule has 1 aliphatic rings. The van der Waals surface area contributed by atoms with E-state index in [1.165, 1.54) is 77.0 Å². The zero-order valence-corrected chi connectivity index (χ0v) is 19.2. The van der Waals surface area contributed by atoms with Gasteiger partial charge in [0.15, 0.2) is 11.6 Å². The molecule has 0 aromatic rings. The molecule has 4 nitrogen and oxygen atoms in total. The first-order chi connectivity index (χ1) is 14.6. The Morgan fingerprint density at radius 1 is 0.867 bits per heavy atom. The van der Waals surface area contributed by atoms with Crippen LogP contribution in [0.2, 0.25) is 0 Å². The lowest BCUT2D eigenvalue weighted by molar-refractivity contribution is -0.123. The molecule has 0 saturated carbocycles. The largest absolute Gasteiger partial charge is 0.509 e. The summed E-state index contributed by atoms with van der Waals surface area (Å²) in [5, 5.41) is 19.4. The molecule has 0 amide bonds. The highest BCUT2D eigenvalue weighted by atomic mass is 16.3. The third kappa shape index (κ3) is 11.7. The predicted molar refractivity (Wildman–Crippen MR) is 124 cm³/mol. The topological polar surface area (TPSA) is 74.6 Å². The molecule has 172 valence electrons. The van der Waals surface area contributed by atoms with Crippen molar-refractivity contribution in [3.8, 4) is 0 Å². The highest BCUT2D eigenvalue weighted by Gasteiger charge is 2.30. The normalized spacial score (nSPS) is 17.3. The molecule has 0 aromatic carbocycles. The molecule has 4 heteroatoms. The second-order valence-corrected chi connectivity index (χ2v) is 8.70. The van der Waals surface area contributed by atoms with Gasteiger partial charge >= 0.3 is 0 Å². The van der Waals surface area contributed by atoms with Crippen LogP contribution < -0.4 is 0 Å². The number of aliphatic hydroxyl groups excluding tert-OH is 2. The van der Waals surface area contributed by atoms with Gasteiger partial charge in [0, 0.05) is 12.8 Å². The van der Waals surface area contributed by atoms with Crippen LogP contribution in [0.15, 0.2) is 23.5 Å². The Morgan fingerprint density at radius 3 is 1.93 bits per heavy atom. The summed E-state index contributed by atoms with van der Waals surface area (Å²) in [6.45, 7) is 2.24. The lowest BCUT2D eigenvalue weighted by Crippen LogP contribution is -2.27. The maximum absolute atomic E-state index is 12.2. The molecule has 1 aliphatic carbocycles. The number of allylic oxidation sites excluding steroid dienone is 3. The summed E-state index contributed by atoms with van der Waals surface area (Å²) in [7, 11) is 0. The van der Waals surface area contributed by atoms with Crippen molar-refractivity contribution in [2.45, 2.75) is 129 Å². The molecule has 30 heavy (non-hydrogen) atoms. The van der Waals surface area contributed by atoms with Gasteiger partial charge in [-0.25, -0.2) is 0 Å². The highest BCUT2D eigenvalue weighted by molar-refractivity contribution is 6.21. The quantitative estimate of drug-likeness (QED) is 0.143. The molecule has 0 aliphatic heterocycles. The van der Waals surface area contributed by atoms with Gasteiger partial charge in [0.1, 0.15) is 17.4 Å². The molecule has 0 radical (unpaired) electrons. The summed E-state index contributed by atoms with van der Waals surface area (Å²) >= 11 is 0. The van der Waals surface area contributed by atoms with Crippen molar-refractivity contribution < 1.29 is 19.8 Å². The van der Waals surface area contributed by atoms with Gasteiger partial charge in [-0.1, -0.05) is 83.3 Å². The zero-order valence-electron chi connectivity index (χ0n) is 19.2. The van der Waals surface area contributed by atoms with E-state index in [1.807, 2.05) is 0 Å². The number of carbonyl (C=O) groups excluding carboxylic acids is 2. The smallest absolute Gasteiger partial charge is 0.170 e. The van der Waals surface area contributed by atoms with Gasteiger partial charge in [-0.3, -0.25) is 9.59 Å². The Bertz CT molecular complexity index is 547. The first-order valence-electron chi connectivity index (χ1n) is 12.4. The average Bonchev–Trinajstić information content (AvgIpc) is 2.73. The van der Waals surface area contributed by atoms with E-state index >= 15 is 0 Å². The first kappa shape index (κ1) is 26.6. The molecule has 0 fully saturated rings. The SMILES string of the molecule is CCCCC/C=C/CCCCCCCCCCCCC(=O)C1=C(O)C(O)CCC1=O. The number of aliphatic hydroxyl groups is 2. The van der Waals surface area contributed by atoms with Gasteiger partial charge in [0.05, 0.1) is 0 Å². The van der Waals surface area contributed by atoms with Gasteiger partial charge in [0.25, 0.3) is 0 Å². The van der Waals surface area contributed by atoms with Crippen molar-refractivity contribution in [3.05, 3.63) is 23.5 Å². The molecule has 0 aromatic heterocycles. The summed E-state index contributed by atoms with van der Waals surface area (Å²) in [4.78, 5) is 24.0. The minimum atomic E-state index is -1.06. The van der Waals surface area contributed by atoms with Crippen LogP contribution >= 0.6 is 0 Å². The van der Waals surface area contributed by atoms with E-state index in [9.17, 15) is 19.8 Å². The fraction of sp³-hybridized carbons (Fsp3) is 0.769. The summed E-state index contributed by atoms with van der Waals surface area (Å²) < 4.78 is 0. The summed E-state index contributed by atoms with van der Waals surface area (Å²) in [6.07, 6.45) is 22.5. The van der Waals surface area contributed by atoms with Gasteiger partial charge in [-0.15, -0.1) is 0 Å². The second-order valence-electron chi connectivity index (χ2n) is 8.70. The van der Waals surface area contributed by atoms with Gasteiger partial charge in [-0.05, 0) is 38.5 Å². The molecular formula is C26H44O4. The Labute approximate surface area is 183 Å². The monoisotopic (exact) mass is 420 g/mol. The van der Waals surface area contributed by atoms with E-state index < -0.39 is 11.9 Å². The molecule has 1 unspecified atom stereocenters. The number of hydrogen-bond acceptors (Lipinski definition) is 4. The van der Waals surface area contributed by atoms with Crippen LogP contribution in [0.25, 0.3) is 0 Å². The second kappa shape index (κ2) is 17.3. The molecule has 0 bridgehead atoms. The lowest BCUT2D eigenvalue weighted by atomic mass is 9.89. The fourth-order valence-corrected chi connectivity index (χ4v) is 3.97. The predicted octanol–water partition coefficient (Wildman–Crippen LogP) is 6.91. The molecule has 0 heterocycles. The Kier molecular flexibility index (Phi) is 15.3. The molecule has 1 atom stereocenters. The third-order valence-electron chi connectivity index (χ3n) is 5.94. The van der Waals surface area contributed by atoms with Crippen LogP contribution in [0.4, 0.5) is 0 Å². The summed E-state index contributed by atoms with van der Waals surface area (Å²) in [5.74, 6) is -1.06. The maximum Gasteiger partial charge on any atom is 0.170 e. The van der Waals surface area contributed by atoms with Crippen LogP contribution in [0.3, 0.4) is 0 Å². The van der Waals surface area contributed by atoms with E-state index in [0.29, 0.717) is 0 Å². The summed E-state index contributed by atoms with van der Waals surface area (Å²) in [5.41, 5.74) is -0.152. The minimum Gasteiger partial charge on any atom is -0.509 e. The highest BCUT2D eigenvalue weighted by Crippen LogP contribution is 2.23. The van der Waals surface area contributed by atoms with E-state index in [1.54, 1.807) is 0 Å². The zero-order chi connectivity index (χ0) is 22.0. The van der Waals surface area contributed by atoms with Crippen LogP contribution in [0.1, 0.15) is 122 Å². The van der Waals surface area contributed by atoms with Crippen molar-refractivity contribution in [1.82, 2.24) is 0 Å². The third-order valence-corrected chi connectivity index (χ3v) is 5.94. The molecule has 1 rings (SSSR count). The minimum absolute atomic E-state index is 0.141. The fourth-order valence-electron chi connectivity index (χ4n) is 3.97. The van der Waals surface area contributed by atoms with E-state index in [-0.39, 0.29) is 36.4 Å². The number of unbranched alkanes of at least 4 members (excludes halogenated alkanes) is 13. The molecule has 0 saturated heterocycles. The van der Waals surface area contributed by atoms with Crippen LogP contribution in [-0.4, -0.2) is 27.9 Å². The molecular weight excluding hydrogens is 376 g/mol. The van der Waals surface area contributed by atoms with Crippen LogP contribution in [0, 0.1) is 0 Å². The van der Waals surface area contributed by atoms with Crippen molar-refractivity contribution in [2.75, 3.05) is 0 Å².